The Hall–Kier alpha value is -3.67. The number of nitrogens with one attached hydrogen (secondary N) is 2. The molecule has 2 aliphatic rings. The number of nitrogens with zero attached hydrogens (tertiary/aromatic N) is 2. The third-order valence-electron chi connectivity index (χ3n) is 4.80. The van der Waals surface area contributed by atoms with E-state index in [0.29, 0.717) is 11.5 Å². The van der Waals surface area contributed by atoms with Crippen LogP contribution >= 0.6 is 0 Å². The second kappa shape index (κ2) is 7.15. The van der Waals surface area contributed by atoms with Crippen molar-refractivity contribution < 1.29 is 9.59 Å². The molecule has 0 saturated heterocycles. The number of benzene rings is 2. The molecule has 2 N–H and O–H groups in total. The summed E-state index contributed by atoms with van der Waals surface area (Å²) in [5.41, 5.74) is 1.54. The largest absolute Gasteiger partial charge is 0.356 e. The normalized spacial score (nSPS) is 20.4. The second-order valence-corrected chi connectivity index (χ2v) is 6.91. The van der Waals surface area contributed by atoms with Gasteiger partial charge in [-0.1, -0.05) is 24.3 Å². The number of hydrogen-bond donors (Lipinski definition) is 2. The van der Waals surface area contributed by atoms with E-state index < -0.39 is 5.54 Å². The van der Waals surface area contributed by atoms with Crippen molar-refractivity contribution in [2.45, 2.75) is 18.9 Å². The fourth-order valence-electron chi connectivity index (χ4n) is 3.27. The number of hydrogen-bond acceptors (Lipinski definition) is 4. The Labute approximate surface area is 163 Å². The molecule has 0 aliphatic carbocycles. The Morgan fingerprint density at radius 3 is 2.43 bits per heavy atom. The summed E-state index contributed by atoms with van der Waals surface area (Å²) in [6, 6.07) is 17.3. The van der Waals surface area contributed by atoms with Crippen molar-refractivity contribution in [3.05, 3.63) is 79.0 Å². The van der Waals surface area contributed by atoms with Crippen molar-refractivity contribution in [3.63, 3.8) is 0 Å². The van der Waals surface area contributed by atoms with Gasteiger partial charge in [0, 0.05) is 23.3 Å². The molecule has 1 unspecified atom stereocenters. The number of fused-ring (bicyclic) bond motifs is 1. The molecule has 0 bridgehead atoms. The number of amides is 2. The van der Waals surface area contributed by atoms with E-state index in [9.17, 15) is 9.59 Å². The number of anilines is 3. The molecule has 6 nitrogen and oxygen atoms in total. The number of para-hydroxylation sites is 1. The summed E-state index contributed by atoms with van der Waals surface area (Å²) >= 11 is 0. The first-order valence-corrected chi connectivity index (χ1v) is 9.04. The van der Waals surface area contributed by atoms with E-state index in [2.05, 4.69) is 15.6 Å². The number of carbonyl (C=O) groups excluding carboxylic acids is 2. The van der Waals surface area contributed by atoms with Gasteiger partial charge in [-0.25, -0.2) is 0 Å². The number of allylic oxidation sites excluding steroid dienone is 2. The minimum absolute atomic E-state index is 0.0220. The number of aliphatic imine (C=N–C) groups is 1. The summed E-state index contributed by atoms with van der Waals surface area (Å²) < 4.78 is 0. The molecule has 2 aromatic rings. The smallest absolute Gasteiger partial charge is 0.250 e. The topological polar surface area (TPSA) is 73.8 Å². The molecule has 0 aromatic heterocycles. The first-order chi connectivity index (χ1) is 13.5. The zero-order chi connectivity index (χ0) is 19.6. The lowest BCUT2D eigenvalue weighted by Crippen LogP contribution is -2.58. The van der Waals surface area contributed by atoms with E-state index in [1.54, 1.807) is 30.2 Å². The van der Waals surface area contributed by atoms with Crippen LogP contribution in [0, 0.1) is 0 Å². The van der Waals surface area contributed by atoms with E-state index in [-0.39, 0.29) is 18.2 Å². The quantitative estimate of drug-likeness (QED) is 0.855. The summed E-state index contributed by atoms with van der Waals surface area (Å²) in [5, 5.41) is 6.22. The number of rotatable bonds is 4. The lowest BCUT2D eigenvalue weighted by Gasteiger charge is -2.41. The molecular weight excluding hydrogens is 352 g/mol. The molecule has 2 heterocycles. The standard InChI is InChI=1S/C22H20N4O2/c1-22(15-20(27)25-19-9-5-6-14-26(19)22)21(28)24-18-12-10-17(11-13-18)23-16-7-3-2-4-8-16/h2-14,23H,15H2,1H3,(H,24,28). The SMILES string of the molecule is CC1(C(=O)Nc2ccc(Nc3ccccc3)cc2)CC(=O)N=C2C=CC=CN21. The van der Waals surface area contributed by atoms with E-state index in [1.165, 1.54) is 0 Å². The zero-order valence-corrected chi connectivity index (χ0v) is 15.4. The van der Waals surface area contributed by atoms with Crippen LogP contribution in [0.15, 0.2) is 84.0 Å². The lowest BCUT2D eigenvalue weighted by atomic mass is 9.91. The van der Waals surface area contributed by atoms with Crippen LogP contribution in [-0.2, 0) is 9.59 Å². The maximum atomic E-state index is 13.0. The van der Waals surface area contributed by atoms with Gasteiger partial charge in [-0.3, -0.25) is 9.59 Å². The first-order valence-electron chi connectivity index (χ1n) is 9.04. The molecule has 4 rings (SSSR count). The highest BCUT2D eigenvalue weighted by Gasteiger charge is 2.45. The molecule has 2 aromatic carbocycles. The van der Waals surface area contributed by atoms with E-state index >= 15 is 0 Å². The molecule has 0 radical (unpaired) electrons. The molecule has 2 aliphatic heterocycles. The fraction of sp³-hybridized carbons (Fsp3) is 0.136. The summed E-state index contributed by atoms with van der Waals surface area (Å²) in [4.78, 5) is 30.8. The van der Waals surface area contributed by atoms with Crippen LogP contribution in [0.25, 0.3) is 0 Å². The highest BCUT2D eigenvalue weighted by molar-refractivity contribution is 6.11. The van der Waals surface area contributed by atoms with E-state index in [4.69, 9.17) is 0 Å². The molecule has 0 saturated carbocycles. The Bertz CT molecular complexity index is 993. The van der Waals surface area contributed by atoms with Gasteiger partial charge in [0.25, 0.3) is 11.8 Å². The van der Waals surface area contributed by atoms with Gasteiger partial charge in [0.2, 0.25) is 0 Å². The maximum Gasteiger partial charge on any atom is 0.250 e. The van der Waals surface area contributed by atoms with Crippen LogP contribution in [0.4, 0.5) is 17.1 Å². The summed E-state index contributed by atoms with van der Waals surface area (Å²) in [6.07, 6.45) is 7.15. The van der Waals surface area contributed by atoms with Crippen molar-refractivity contribution >= 4 is 34.7 Å². The maximum absolute atomic E-state index is 13.0. The Morgan fingerprint density at radius 2 is 1.68 bits per heavy atom. The van der Waals surface area contributed by atoms with Crippen molar-refractivity contribution in [1.29, 1.82) is 0 Å². The van der Waals surface area contributed by atoms with Gasteiger partial charge in [-0.15, -0.1) is 0 Å². The van der Waals surface area contributed by atoms with Gasteiger partial charge < -0.3 is 15.5 Å². The van der Waals surface area contributed by atoms with Crippen LogP contribution in [-0.4, -0.2) is 28.1 Å². The first kappa shape index (κ1) is 17.7. The van der Waals surface area contributed by atoms with Crippen LogP contribution in [0.3, 0.4) is 0 Å². The fourth-order valence-corrected chi connectivity index (χ4v) is 3.27. The molecule has 6 heteroatoms. The van der Waals surface area contributed by atoms with Crippen molar-refractivity contribution in [1.82, 2.24) is 4.90 Å². The third-order valence-corrected chi connectivity index (χ3v) is 4.80. The van der Waals surface area contributed by atoms with Crippen LogP contribution in [0.1, 0.15) is 13.3 Å². The third kappa shape index (κ3) is 3.44. The summed E-state index contributed by atoms with van der Waals surface area (Å²) in [6.45, 7) is 1.75. The predicted octanol–water partition coefficient (Wildman–Crippen LogP) is 3.84. The monoisotopic (exact) mass is 372 g/mol. The van der Waals surface area contributed by atoms with Crippen LogP contribution in [0.5, 0.6) is 0 Å². The lowest BCUT2D eigenvalue weighted by molar-refractivity contribution is -0.130. The average Bonchev–Trinajstić information content (AvgIpc) is 2.70. The van der Waals surface area contributed by atoms with Gasteiger partial charge >= 0.3 is 0 Å². The van der Waals surface area contributed by atoms with Crippen molar-refractivity contribution in [2.24, 2.45) is 4.99 Å². The minimum atomic E-state index is -1.03. The van der Waals surface area contributed by atoms with E-state index in [0.717, 1.165) is 11.4 Å². The molecule has 2 amide bonds. The predicted molar refractivity (Wildman–Crippen MR) is 110 cm³/mol. The molecule has 28 heavy (non-hydrogen) atoms. The molecule has 1 atom stereocenters. The van der Waals surface area contributed by atoms with Crippen LogP contribution in [0.2, 0.25) is 0 Å². The van der Waals surface area contributed by atoms with Gasteiger partial charge in [-0.2, -0.15) is 4.99 Å². The Morgan fingerprint density at radius 1 is 1.00 bits per heavy atom. The Balaban J connectivity index is 1.49. The number of carbonyl (C=O) groups is 2. The molecule has 0 fully saturated rings. The van der Waals surface area contributed by atoms with Gasteiger partial charge in [0.05, 0.1) is 6.42 Å². The van der Waals surface area contributed by atoms with Gasteiger partial charge in [0.15, 0.2) is 0 Å². The second-order valence-electron chi connectivity index (χ2n) is 6.91. The highest BCUT2D eigenvalue weighted by atomic mass is 16.2. The average molecular weight is 372 g/mol. The number of amidine groups is 1. The van der Waals surface area contributed by atoms with Crippen LogP contribution < -0.4 is 10.6 Å². The van der Waals surface area contributed by atoms with Crippen molar-refractivity contribution in [2.75, 3.05) is 10.6 Å². The molecular formula is C22H20N4O2. The highest BCUT2D eigenvalue weighted by Crippen LogP contribution is 2.29. The summed E-state index contributed by atoms with van der Waals surface area (Å²) in [7, 11) is 0. The van der Waals surface area contributed by atoms with Gasteiger partial charge in [-0.05, 0) is 55.5 Å². The Kier molecular flexibility index (Phi) is 4.53. The molecule has 0 spiro atoms. The van der Waals surface area contributed by atoms with E-state index in [1.807, 2.05) is 60.7 Å². The molecule has 140 valence electrons. The van der Waals surface area contributed by atoms with Crippen molar-refractivity contribution in [3.8, 4) is 0 Å². The zero-order valence-electron chi connectivity index (χ0n) is 15.4. The minimum Gasteiger partial charge on any atom is -0.356 e. The summed E-state index contributed by atoms with van der Waals surface area (Å²) in [5.74, 6) is -0.0676. The van der Waals surface area contributed by atoms with Gasteiger partial charge in [0.1, 0.15) is 11.4 Å².